The fraction of sp³-hybridized carbons (Fsp3) is 0.333. The lowest BCUT2D eigenvalue weighted by molar-refractivity contribution is -0.385. The largest absolute Gasteiger partial charge is 0.452 e. The van der Waals surface area contributed by atoms with E-state index >= 15 is 0 Å². The predicted octanol–water partition coefficient (Wildman–Crippen LogP) is 3.43. The van der Waals surface area contributed by atoms with E-state index in [9.17, 15) is 32.9 Å². The number of nitro groups is 1. The van der Waals surface area contributed by atoms with Gasteiger partial charge in [0.2, 0.25) is 0 Å². The SMILES string of the molecule is Cc1cc(C(=O)OCC(=O)N2CCN(c3cccc(C(F)(F)F)c3)CC2)ccc1[N+](=O)[O-]. The molecule has 0 bridgehead atoms. The molecule has 1 amide bonds. The molecule has 8 nitrogen and oxygen atoms in total. The summed E-state index contributed by atoms with van der Waals surface area (Å²) in [6.07, 6.45) is -4.43. The van der Waals surface area contributed by atoms with Crippen LogP contribution in [0.2, 0.25) is 0 Å². The van der Waals surface area contributed by atoms with Crippen molar-refractivity contribution < 1.29 is 32.4 Å². The molecule has 3 rings (SSSR count). The Kier molecular flexibility index (Phi) is 6.66. The van der Waals surface area contributed by atoms with Gasteiger partial charge >= 0.3 is 12.1 Å². The van der Waals surface area contributed by atoms with Crippen molar-refractivity contribution in [2.45, 2.75) is 13.1 Å². The number of esters is 1. The Morgan fingerprint density at radius 2 is 1.78 bits per heavy atom. The molecule has 1 aliphatic heterocycles. The molecule has 1 aliphatic rings. The van der Waals surface area contributed by atoms with Crippen LogP contribution in [-0.4, -0.2) is 54.5 Å². The zero-order valence-corrected chi connectivity index (χ0v) is 17.1. The number of anilines is 1. The van der Waals surface area contributed by atoms with E-state index < -0.39 is 35.1 Å². The summed E-state index contributed by atoms with van der Waals surface area (Å²) >= 11 is 0. The Bertz CT molecular complexity index is 1030. The Balaban J connectivity index is 1.52. The number of nitro benzene ring substituents is 1. The molecule has 2 aromatic rings. The van der Waals surface area contributed by atoms with Gasteiger partial charge in [0.25, 0.3) is 11.6 Å². The molecule has 32 heavy (non-hydrogen) atoms. The number of carbonyl (C=O) groups excluding carboxylic acids is 2. The summed E-state index contributed by atoms with van der Waals surface area (Å²) in [4.78, 5) is 38.0. The first-order valence-corrected chi connectivity index (χ1v) is 9.68. The second kappa shape index (κ2) is 9.25. The van der Waals surface area contributed by atoms with Crippen LogP contribution in [0.25, 0.3) is 0 Å². The van der Waals surface area contributed by atoms with Crippen LogP contribution in [0.4, 0.5) is 24.5 Å². The van der Waals surface area contributed by atoms with Crippen molar-refractivity contribution in [2.75, 3.05) is 37.7 Å². The van der Waals surface area contributed by atoms with E-state index in [2.05, 4.69) is 0 Å². The molecule has 11 heteroatoms. The van der Waals surface area contributed by atoms with Gasteiger partial charge in [-0.3, -0.25) is 14.9 Å². The maximum absolute atomic E-state index is 12.9. The molecule has 1 fully saturated rings. The van der Waals surface area contributed by atoms with Gasteiger partial charge in [-0.05, 0) is 37.3 Å². The van der Waals surface area contributed by atoms with E-state index in [1.807, 2.05) is 0 Å². The molecule has 0 spiro atoms. The second-order valence-corrected chi connectivity index (χ2v) is 7.25. The van der Waals surface area contributed by atoms with Crippen LogP contribution in [0.5, 0.6) is 0 Å². The number of hydrogen-bond acceptors (Lipinski definition) is 6. The summed E-state index contributed by atoms with van der Waals surface area (Å²) in [5.74, 6) is -1.21. The third-order valence-electron chi connectivity index (χ3n) is 5.13. The summed E-state index contributed by atoms with van der Waals surface area (Å²) in [7, 11) is 0. The van der Waals surface area contributed by atoms with Crippen LogP contribution in [0.3, 0.4) is 0 Å². The Hall–Kier alpha value is -3.63. The molecule has 0 radical (unpaired) electrons. The predicted molar refractivity (Wildman–Crippen MR) is 108 cm³/mol. The maximum Gasteiger partial charge on any atom is 0.416 e. The molecule has 0 aromatic heterocycles. The smallest absolute Gasteiger partial charge is 0.416 e. The minimum Gasteiger partial charge on any atom is -0.452 e. The lowest BCUT2D eigenvalue weighted by atomic mass is 10.1. The molecule has 0 saturated carbocycles. The molecular weight excluding hydrogens is 431 g/mol. The summed E-state index contributed by atoms with van der Waals surface area (Å²) in [5.41, 5.74) is -0.0539. The fourth-order valence-corrected chi connectivity index (χ4v) is 3.38. The number of amides is 1. The average Bonchev–Trinajstić information content (AvgIpc) is 2.76. The van der Waals surface area contributed by atoms with Crippen molar-refractivity contribution in [3.63, 3.8) is 0 Å². The van der Waals surface area contributed by atoms with Crippen LogP contribution in [0.15, 0.2) is 42.5 Å². The van der Waals surface area contributed by atoms with Gasteiger partial charge in [-0.25, -0.2) is 4.79 Å². The van der Waals surface area contributed by atoms with E-state index in [-0.39, 0.29) is 24.3 Å². The average molecular weight is 451 g/mol. The third kappa shape index (κ3) is 5.34. The monoisotopic (exact) mass is 451 g/mol. The highest BCUT2D eigenvalue weighted by Crippen LogP contribution is 2.31. The number of nitrogens with zero attached hydrogens (tertiary/aromatic N) is 3. The number of alkyl halides is 3. The zero-order chi connectivity index (χ0) is 23.5. The maximum atomic E-state index is 12.9. The van der Waals surface area contributed by atoms with Crippen LogP contribution in [-0.2, 0) is 15.7 Å². The molecular formula is C21H20F3N3O5. The van der Waals surface area contributed by atoms with Crippen LogP contribution < -0.4 is 4.90 Å². The molecule has 0 aliphatic carbocycles. The highest BCUT2D eigenvalue weighted by molar-refractivity contribution is 5.91. The molecule has 1 saturated heterocycles. The Morgan fingerprint density at radius 1 is 1.09 bits per heavy atom. The topological polar surface area (TPSA) is 93.0 Å². The lowest BCUT2D eigenvalue weighted by Gasteiger charge is -2.36. The first-order chi connectivity index (χ1) is 15.1. The van der Waals surface area contributed by atoms with Gasteiger partial charge < -0.3 is 14.5 Å². The van der Waals surface area contributed by atoms with Gasteiger partial charge in [0.15, 0.2) is 6.61 Å². The minimum atomic E-state index is -4.43. The highest BCUT2D eigenvalue weighted by atomic mass is 19.4. The van der Waals surface area contributed by atoms with Gasteiger partial charge in [-0.15, -0.1) is 0 Å². The summed E-state index contributed by atoms with van der Waals surface area (Å²) in [6.45, 7) is 2.19. The Labute approximate surface area is 181 Å². The number of benzene rings is 2. The fourth-order valence-electron chi connectivity index (χ4n) is 3.38. The molecule has 1 heterocycles. The van der Waals surface area contributed by atoms with Crippen molar-refractivity contribution in [2.24, 2.45) is 0 Å². The second-order valence-electron chi connectivity index (χ2n) is 7.25. The highest BCUT2D eigenvalue weighted by Gasteiger charge is 2.31. The van der Waals surface area contributed by atoms with E-state index in [4.69, 9.17) is 4.74 Å². The van der Waals surface area contributed by atoms with Crippen molar-refractivity contribution in [3.05, 3.63) is 69.3 Å². The van der Waals surface area contributed by atoms with Crippen molar-refractivity contribution in [1.82, 2.24) is 4.90 Å². The van der Waals surface area contributed by atoms with Crippen molar-refractivity contribution >= 4 is 23.3 Å². The minimum absolute atomic E-state index is 0.0928. The Morgan fingerprint density at radius 3 is 2.38 bits per heavy atom. The van der Waals surface area contributed by atoms with E-state index in [1.165, 1.54) is 36.1 Å². The molecule has 0 atom stereocenters. The standard InChI is InChI=1S/C21H20F3N3O5/c1-14-11-15(5-6-18(14)27(30)31)20(29)32-13-19(28)26-9-7-25(8-10-26)17-4-2-3-16(12-17)21(22,23)24/h2-6,11-12H,7-10,13H2,1H3. The van der Waals surface area contributed by atoms with Crippen LogP contribution >= 0.6 is 0 Å². The lowest BCUT2D eigenvalue weighted by Crippen LogP contribution is -2.50. The molecule has 0 N–H and O–H groups in total. The van der Waals surface area contributed by atoms with Crippen LogP contribution in [0.1, 0.15) is 21.5 Å². The van der Waals surface area contributed by atoms with Crippen molar-refractivity contribution in [3.8, 4) is 0 Å². The van der Waals surface area contributed by atoms with Crippen LogP contribution in [0, 0.1) is 17.0 Å². The molecule has 2 aromatic carbocycles. The first-order valence-electron chi connectivity index (χ1n) is 9.68. The van der Waals surface area contributed by atoms with Gasteiger partial charge in [0, 0.05) is 43.5 Å². The van der Waals surface area contributed by atoms with E-state index in [0.29, 0.717) is 24.3 Å². The number of hydrogen-bond donors (Lipinski definition) is 0. The number of piperazine rings is 1. The number of rotatable bonds is 5. The van der Waals surface area contributed by atoms with Gasteiger partial charge in [-0.2, -0.15) is 13.2 Å². The number of halogens is 3. The quantitative estimate of drug-likeness (QED) is 0.393. The summed E-state index contributed by atoms with van der Waals surface area (Å²) < 4.78 is 43.8. The van der Waals surface area contributed by atoms with Gasteiger partial charge in [-0.1, -0.05) is 6.07 Å². The van der Waals surface area contributed by atoms with E-state index in [1.54, 1.807) is 11.0 Å². The summed E-state index contributed by atoms with van der Waals surface area (Å²) in [5, 5.41) is 10.9. The van der Waals surface area contributed by atoms with E-state index in [0.717, 1.165) is 12.1 Å². The molecule has 0 unspecified atom stereocenters. The molecule has 170 valence electrons. The van der Waals surface area contributed by atoms with Crippen molar-refractivity contribution in [1.29, 1.82) is 0 Å². The van der Waals surface area contributed by atoms with Gasteiger partial charge in [0.1, 0.15) is 0 Å². The summed E-state index contributed by atoms with van der Waals surface area (Å²) in [6, 6.07) is 8.77. The normalized spacial score (nSPS) is 14.2. The number of aryl methyl sites for hydroxylation is 1. The zero-order valence-electron chi connectivity index (χ0n) is 17.1. The number of carbonyl (C=O) groups is 2. The number of ether oxygens (including phenoxy) is 1. The van der Waals surface area contributed by atoms with Gasteiger partial charge in [0.05, 0.1) is 16.1 Å². The third-order valence-corrected chi connectivity index (χ3v) is 5.13. The first kappa shape index (κ1) is 23.0.